The lowest BCUT2D eigenvalue weighted by atomic mass is 10.1. The van der Waals surface area contributed by atoms with E-state index in [9.17, 15) is 26.4 Å². The SMILES string of the molecule is CCc1ccc(S(=O)(=O)NC[C@H]2CCCN2C(=O)CN2CCC[C@H](NS(=O)(=O)C=Cc3ccc(Cl)s3)C2=O)cc1. The summed E-state index contributed by atoms with van der Waals surface area (Å²) in [5.74, 6) is -0.747. The van der Waals surface area contributed by atoms with E-state index >= 15 is 0 Å². The molecule has 0 saturated carbocycles. The molecule has 2 aliphatic heterocycles. The Morgan fingerprint density at radius 3 is 2.48 bits per heavy atom. The fourth-order valence-electron chi connectivity index (χ4n) is 4.84. The zero-order valence-corrected chi connectivity index (χ0v) is 25.3. The summed E-state index contributed by atoms with van der Waals surface area (Å²) in [6.07, 6.45) is 4.45. The first-order valence-electron chi connectivity index (χ1n) is 13.1. The maximum atomic E-state index is 13.2. The maximum Gasteiger partial charge on any atom is 0.242 e. The summed E-state index contributed by atoms with van der Waals surface area (Å²) in [6.45, 7) is 2.67. The predicted molar refractivity (Wildman–Crippen MR) is 156 cm³/mol. The number of nitrogens with one attached hydrogen (secondary N) is 2. The fourth-order valence-corrected chi connectivity index (χ4v) is 7.98. The van der Waals surface area contributed by atoms with Crippen molar-refractivity contribution in [3.8, 4) is 0 Å². The van der Waals surface area contributed by atoms with Gasteiger partial charge in [0, 0.05) is 36.0 Å². The second-order valence-corrected chi connectivity index (χ2v) is 14.9. The maximum absolute atomic E-state index is 13.2. The third-order valence-electron chi connectivity index (χ3n) is 7.02. The first-order valence-corrected chi connectivity index (χ1v) is 17.3. The average Bonchev–Trinajstić information content (AvgIpc) is 3.57. The molecular weight excluding hydrogens is 596 g/mol. The molecule has 2 atom stereocenters. The lowest BCUT2D eigenvalue weighted by Crippen LogP contribution is -2.55. The second kappa shape index (κ2) is 13.1. The quantitative estimate of drug-likeness (QED) is 0.393. The summed E-state index contributed by atoms with van der Waals surface area (Å²) in [5, 5.41) is 1.00. The summed E-state index contributed by atoms with van der Waals surface area (Å²) < 4.78 is 56.2. The van der Waals surface area contributed by atoms with Gasteiger partial charge < -0.3 is 9.80 Å². The summed E-state index contributed by atoms with van der Waals surface area (Å²) in [7, 11) is -7.64. The highest BCUT2D eigenvalue weighted by Gasteiger charge is 2.35. The zero-order chi connectivity index (χ0) is 28.9. The molecule has 0 radical (unpaired) electrons. The van der Waals surface area contributed by atoms with E-state index in [-0.39, 0.29) is 29.9 Å². The lowest BCUT2D eigenvalue weighted by molar-refractivity contribution is -0.143. The van der Waals surface area contributed by atoms with Crippen molar-refractivity contribution in [3.63, 3.8) is 0 Å². The van der Waals surface area contributed by atoms with E-state index in [4.69, 9.17) is 11.6 Å². The minimum Gasteiger partial charge on any atom is -0.337 e. The Morgan fingerprint density at radius 1 is 1.07 bits per heavy atom. The number of carbonyl (C=O) groups is 2. The smallest absolute Gasteiger partial charge is 0.242 e. The molecular formula is C26H33ClN4O6S3. The molecule has 0 spiro atoms. The second-order valence-electron chi connectivity index (χ2n) is 9.79. The van der Waals surface area contributed by atoms with Crippen LogP contribution >= 0.6 is 22.9 Å². The van der Waals surface area contributed by atoms with Crippen molar-refractivity contribution >= 4 is 60.9 Å². The highest BCUT2D eigenvalue weighted by molar-refractivity contribution is 7.92. The Morgan fingerprint density at radius 2 is 1.80 bits per heavy atom. The van der Waals surface area contributed by atoms with Crippen LogP contribution in [0.15, 0.2) is 46.7 Å². The molecule has 0 unspecified atom stereocenters. The van der Waals surface area contributed by atoms with Crippen molar-refractivity contribution in [3.05, 3.63) is 56.6 Å². The van der Waals surface area contributed by atoms with Gasteiger partial charge in [-0.3, -0.25) is 9.59 Å². The number of likely N-dealkylation sites (tertiary alicyclic amines) is 2. The number of hydrogen-bond acceptors (Lipinski definition) is 7. The number of benzene rings is 1. The van der Waals surface area contributed by atoms with Crippen molar-refractivity contribution in [2.45, 2.75) is 56.0 Å². The van der Waals surface area contributed by atoms with E-state index < -0.39 is 32.0 Å². The number of piperidine rings is 1. The molecule has 1 aromatic heterocycles. The Labute approximate surface area is 244 Å². The van der Waals surface area contributed by atoms with Crippen LogP contribution in [0.25, 0.3) is 6.08 Å². The van der Waals surface area contributed by atoms with Crippen LogP contribution in [0.3, 0.4) is 0 Å². The molecule has 40 heavy (non-hydrogen) atoms. The summed E-state index contributed by atoms with van der Waals surface area (Å²) >= 11 is 7.11. The minimum absolute atomic E-state index is 0.0712. The number of sulfonamides is 2. The number of halogens is 1. The summed E-state index contributed by atoms with van der Waals surface area (Å²) in [4.78, 5) is 30.1. The highest BCUT2D eigenvalue weighted by Crippen LogP contribution is 2.23. The number of rotatable bonds is 11. The third kappa shape index (κ3) is 7.92. The van der Waals surface area contributed by atoms with Gasteiger partial charge in [-0.05, 0) is 68.0 Å². The van der Waals surface area contributed by atoms with Gasteiger partial charge in [0.05, 0.1) is 15.8 Å². The molecule has 2 amide bonds. The molecule has 1 aromatic carbocycles. The molecule has 10 nitrogen and oxygen atoms in total. The number of nitrogens with zero attached hydrogens (tertiary/aromatic N) is 2. The predicted octanol–water partition coefficient (Wildman–Crippen LogP) is 2.81. The van der Waals surface area contributed by atoms with Crippen LogP contribution in [0.2, 0.25) is 4.34 Å². The molecule has 2 aliphatic rings. The normalized spacial score (nSPS) is 20.5. The summed E-state index contributed by atoms with van der Waals surface area (Å²) in [5.41, 5.74) is 1.04. The van der Waals surface area contributed by atoms with Crippen LogP contribution in [0.5, 0.6) is 0 Å². The van der Waals surface area contributed by atoms with E-state index in [1.165, 1.54) is 22.3 Å². The molecule has 4 rings (SSSR count). The van der Waals surface area contributed by atoms with Crippen molar-refractivity contribution in [1.29, 1.82) is 0 Å². The van der Waals surface area contributed by atoms with Gasteiger partial charge in [0.25, 0.3) is 0 Å². The van der Waals surface area contributed by atoms with Gasteiger partial charge in [-0.25, -0.2) is 21.6 Å². The van der Waals surface area contributed by atoms with Crippen LogP contribution < -0.4 is 9.44 Å². The molecule has 14 heteroatoms. The van der Waals surface area contributed by atoms with Crippen LogP contribution in [-0.4, -0.2) is 76.7 Å². The zero-order valence-electron chi connectivity index (χ0n) is 22.1. The van der Waals surface area contributed by atoms with Gasteiger partial charge in [-0.1, -0.05) is 30.7 Å². The Hall–Kier alpha value is -2.29. The first-order chi connectivity index (χ1) is 19.0. The van der Waals surface area contributed by atoms with E-state index in [2.05, 4.69) is 9.44 Å². The van der Waals surface area contributed by atoms with E-state index in [0.29, 0.717) is 41.6 Å². The molecule has 0 aliphatic carbocycles. The van der Waals surface area contributed by atoms with Crippen molar-refractivity contribution in [1.82, 2.24) is 19.2 Å². The van der Waals surface area contributed by atoms with Crippen LogP contribution in [0, 0.1) is 0 Å². The van der Waals surface area contributed by atoms with Gasteiger partial charge >= 0.3 is 0 Å². The fraction of sp³-hybridized carbons (Fsp3) is 0.462. The van der Waals surface area contributed by atoms with Gasteiger partial charge in [0.1, 0.15) is 6.04 Å². The first kappa shape index (κ1) is 30.7. The van der Waals surface area contributed by atoms with Gasteiger partial charge in [-0.15, -0.1) is 11.3 Å². The molecule has 2 fully saturated rings. The van der Waals surface area contributed by atoms with Gasteiger partial charge in [-0.2, -0.15) is 4.72 Å². The highest BCUT2D eigenvalue weighted by atomic mass is 35.5. The van der Waals surface area contributed by atoms with Gasteiger partial charge in [0.15, 0.2) is 0 Å². The van der Waals surface area contributed by atoms with Gasteiger partial charge in [0.2, 0.25) is 31.9 Å². The number of amides is 2. The molecule has 2 saturated heterocycles. The molecule has 0 bridgehead atoms. The third-order valence-corrected chi connectivity index (χ3v) is 10.8. The Kier molecular flexibility index (Phi) is 10.1. The Bertz CT molecular complexity index is 1460. The van der Waals surface area contributed by atoms with Crippen molar-refractivity contribution in [2.75, 3.05) is 26.2 Å². The monoisotopic (exact) mass is 628 g/mol. The van der Waals surface area contributed by atoms with Crippen LogP contribution in [0.4, 0.5) is 0 Å². The van der Waals surface area contributed by atoms with E-state index in [0.717, 1.165) is 23.8 Å². The Balaban J connectivity index is 1.32. The summed E-state index contributed by atoms with van der Waals surface area (Å²) in [6, 6.07) is 8.75. The molecule has 218 valence electrons. The number of carbonyl (C=O) groups excluding carboxylic acids is 2. The standard InChI is InChI=1S/C26H33ClN4O6S3/c1-2-19-7-10-22(11-8-19)40(36,37)28-17-20-5-3-15-31(20)25(32)18-30-14-4-6-23(26(30)33)29-39(34,35)16-13-21-9-12-24(27)38-21/h7-13,16,20,23,28-29H,2-6,14-15,17-18H2,1H3/t20-,23+/m1/s1. The van der Waals surface area contributed by atoms with Crippen LogP contribution in [-0.2, 0) is 36.1 Å². The molecule has 3 heterocycles. The molecule has 2 aromatic rings. The lowest BCUT2D eigenvalue weighted by Gasteiger charge is -2.34. The van der Waals surface area contributed by atoms with E-state index in [1.807, 2.05) is 6.92 Å². The minimum atomic E-state index is -3.90. The van der Waals surface area contributed by atoms with Crippen molar-refractivity contribution in [2.24, 2.45) is 0 Å². The topological polar surface area (TPSA) is 133 Å². The number of aryl methyl sites for hydroxylation is 1. The van der Waals surface area contributed by atoms with Crippen LogP contribution in [0.1, 0.15) is 43.0 Å². The number of thiophene rings is 1. The van der Waals surface area contributed by atoms with E-state index in [1.54, 1.807) is 41.3 Å². The average molecular weight is 629 g/mol. The van der Waals surface area contributed by atoms with Crippen molar-refractivity contribution < 1.29 is 26.4 Å². The largest absolute Gasteiger partial charge is 0.337 e. The number of hydrogen-bond donors (Lipinski definition) is 2. The molecule has 2 N–H and O–H groups in total.